The van der Waals surface area contributed by atoms with E-state index < -0.39 is 0 Å². The first-order valence-electron chi connectivity index (χ1n) is 10.3. The molecular weight excluding hydrogens is 491 g/mol. The summed E-state index contributed by atoms with van der Waals surface area (Å²) in [6, 6.07) is 14.2. The molecule has 2 aromatic carbocycles. The number of nitrogens with one attached hydrogen (secondary N) is 1. The Kier molecular flexibility index (Phi) is 10.2. The van der Waals surface area contributed by atoms with Gasteiger partial charge in [0.15, 0.2) is 17.5 Å². The van der Waals surface area contributed by atoms with Gasteiger partial charge in [-0.3, -0.25) is 4.90 Å². The number of aliphatic imine (C=N–C) groups is 1. The van der Waals surface area contributed by atoms with Crippen molar-refractivity contribution in [2.45, 2.75) is 38.8 Å². The third-order valence-corrected chi connectivity index (χ3v) is 5.22. The largest absolute Gasteiger partial charge is 0.493 e. The molecule has 6 nitrogen and oxygen atoms in total. The number of ether oxygens (including phenoxy) is 2. The molecule has 0 aliphatic carbocycles. The van der Waals surface area contributed by atoms with Crippen molar-refractivity contribution in [3.63, 3.8) is 0 Å². The molecule has 0 atom stereocenters. The molecule has 2 aromatic rings. The van der Waals surface area contributed by atoms with Crippen molar-refractivity contribution in [3.05, 3.63) is 53.6 Å². The van der Waals surface area contributed by atoms with Crippen LogP contribution < -0.4 is 20.5 Å². The minimum absolute atomic E-state index is 0. The maximum Gasteiger partial charge on any atom is 0.193 e. The van der Waals surface area contributed by atoms with Gasteiger partial charge in [-0.2, -0.15) is 0 Å². The van der Waals surface area contributed by atoms with Gasteiger partial charge in [-0.05, 0) is 49.2 Å². The summed E-state index contributed by atoms with van der Waals surface area (Å²) in [5.41, 5.74) is 9.34. The highest BCUT2D eigenvalue weighted by Gasteiger charge is 2.09. The first-order valence-corrected chi connectivity index (χ1v) is 10.3. The molecule has 7 heteroatoms. The predicted molar refractivity (Wildman–Crippen MR) is 134 cm³/mol. The maximum absolute atomic E-state index is 6.04. The summed E-state index contributed by atoms with van der Waals surface area (Å²) in [5.74, 6) is 1.69. The summed E-state index contributed by atoms with van der Waals surface area (Å²) in [6.45, 7) is 4.00. The molecule has 1 aliphatic rings. The van der Waals surface area contributed by atoms with Crippen LogP contribution in [-0.4, -0.2) is 38.2 Å². The molecule has 3 rings (SSSR count). The number of guanidine groups is 1. The SMILES string of the molecule is COc1ccc(NC(N)=NCc2ccc(CN3CCCCCC3)cc2)cc1OC.I. The summed E-state index contributed by atoms with van der Waals surface area (Å²) in [4.78, 5) is 7.01. The van der Waals surface area contributed by atoms with Crippen molar-refractivity contribution in [1.29, 1.82) is 0 Å². The van der Waals surface area contributed by atoms with E-state index in [1.807, 2.05) is 18.2 Å². The van der Waals surface area contributed by atoms with Crippen LogP contribution in [0.1, 0.15) is 36.8 Å². The Morgan fingerprint density at radius 2 is 1.57 bits per heavy atom. The molecule has 3 N–H and O–H groups in total. The molecule has 30 heavy (non-hydrogen) atoms. The third-order valence-electron chi connectivity index (χ3n) is 5.22. The first-order chi connectivity index (χ1) is 14.2. The number of likely N-dealkylation sites (tertiary alicyclic amines) is 1. The van der Waals surface area contributed by atoms with E-state index in [1.165, 1.54) is 44.3 Å². The van der Waals surface area contributed by atoms with Gasteiger partial charge in [-0.15, -0.1) is 24.0 Å². The second kappa shape index (κ2) is 12.6. The minimum atomic E-state index is 0. The normalized spacial score (nSPS) is 15.1. The zero-order valence-corrected chi connectivity index (χ0v) is 20.2. The van der Waals surface area contributed by atoms with Gasteiger partial charge in [0, 0.05) is 18.3 Å². The Labute approximate surface area is 196 Å². The Morgan fingerprint density at radius 3 is 2.20 bits per heavy atom. The molecule has 0 radical (unpaired) electrons. The van der Waals surface area contributed by atoms with Crippen molar-refractivity contribution >= 4 is 35.6 Å². The number of hydrogen-bond donors (Lipinski definition) is 2. The lowest BCUT2D eigenvalue weighted by Crippen LogP contribution is -2.23. The van der Waals surface area contributed by atoms with Crippen LogP contribution in [-0.2, 0) is 13.1 Å². The molecule has 0 aromatic heterocycles. The molecular formula is C23H33IN4O2. The number of nitrogens with two attached hydrogens (primary N) is 1. The molecule has 0 bridgehead atoms. The van der Waals surface area contributed by atoms with Gasteiger partial charge in [-0.25, -0.2) is 4.99 Å². The van der Waals surface area contributed by atoms with Gasteiger partial charge in [-0.1, -0.05) is 37.1 Å². The smallest absolute Gasteiger partial charge is 0.193 e. The van der Waals surface area contributed by atoms with E-state index in [9.17, 15) is 0 Å². The van der Waals surface area contributed by atoms with E-state index in [0.29, 0.717) is 24.0 Å². The second-order valence-electron chi connectivity index (χ2n) is 7.40. The number of nitrogens with zero attached hydrogens (tertiary/aromatic N) is 2. The van der Waals surface area contributed by atoms with Gasteiger partial charge in [0.2, 0.25) is 0 Å². The van der Waals surface area contributed by atoms with Crippen LogP contribution in [0.15, 0.2) is 47.5 Å². The average molecular weight is 524 g/mol. The highest BCUT2D eigenvalue weighted by molar-refractivity contribution is 14.0. The van der Waals surface area contributed by atoms with Crippen molar-refractivity contribution < 1.29 is 9.47 Å². The molecule has 1 saturated heterocycles. The summed E-state index contributed by atoms with van der Waals surface area (Å²) < 4.78 is 10.6. The van der Waals surface area contributed by atoms with Gasteiger partial charge < -0.3 is 20.5 Å². The van der Waals surface area contributed by atoms with Gasteiger partial charge >= 0.3 is 0 Å². The fourth-order valence-corrected chi connectivity index (χ4v) is 3.58. The van der Waals surface area contributed by atoms with Crippen LogP contribution in [0.25, 0.3) is 0 Å². The molecule has 1 aliphatic heterocycles. The van der Waals surface area contributed by atoms with Crippen molar-refractivity contribution in [1.82, 2.24) is 4.90 Å². The Morgan fingerprint density at radius 1 is 0.933 bits per heavy atom. The number of anilines is 1. The van der Waals surface area contributed by atoms with Crippen molar-refractivity contribution in [3.8, 4) is 11.5 Å². The van der Waals surface area contributed by atoms with Crippen molar-refractivity contribution in [2.75, 3.05) is 32.6 Å². The van der Waals surface area contributed by atoms with Crippen molar-refractivity contribution in [2.24, 2.45) is 10.7 Å². The zero-order valence-electron chi connectivity index (χ0n) is 17.9. The molecule has 1 fully saturated rings. The number of rotatable bonds is 7. The fourth-order valence-electron chi connectivity index (χ4n) is 3.58. The minimum Gasteiger partial charge on any atom is -0.493 e. The van der Waals surface area contributed by atoms with E-state index in [2.05, 4.69) is 39.5 Å². The third kappa shape index (κ3) is 7.36. The highest BCUT2D eigenvalue weighted by atomic mass is 127. The monoisotopic (exact) mass is 524 g/mol. The topological polar surface area (TPSA) is 72.1 Å². The quantitative estimate of drug-likeness (QED) is 0.314. The van der Waals surface area contributed by atoms with E-state index in [-0.39, 0.29) is 24.0 Å². The zero-order chi connectivity index (χ0) is 20.5. The Bertz CT molecular complexity index is 803. The number of benzene rings is 2. The maximum atomic E-state index is 6.04. The average Bonchev–Trinajstić information content (AvgIpc) is 3.02. The highest BCUT2D eigenvalue weighted by Crippen LogP contribution is 2.29. The summed E-state index contributed by atoms with van der Waals surface area (Å²) >= 11 is 0. The second-order valence-corrected chi connectivity index (χ2v) is 7.40. The van der Waals surface area contributed by atoms with E-state index in [1.54, 1.807) is 14.2 Å². The van der Waals surface area contributed by atoms with Crippen LogP contribution in [0.2, 0.25) is 0 Å². The van der Waals surface area contributed by atoms with Gasteiger partial charge in [0.1, 0.15) is 0 Å². The van der Waals surface area contributed by atoms with Gasteiger partial charge in [0.25, 0.3) is 0 Å². The molecule has 0 spiro atoms. The summed E-state index contributed by atoms with van der Waals surface area (Å²) in [5, 5.41) is 3.10. The van der Waals surface area contributed by atoms with Crippen LogP contribution >= 0.6 is 24.0 Å². The van der Waals surface area contributed by atoms with Crippen LogP contribution in [0.5, 0.6) is 11.5 Å². The Hall–Kier alpha value is -2.00. The molecule has 1 heterocycles. The van der Waals surface area contributed by atoms with E-state index in [4.69, 9.17) is 15.2 Å². The van der Waals surface area contributed by atoms with E-state index in [0.717, 1.165) is 17.8 Å². The standard InChI is InChI=1S/C23H32N4O2.HI/c1-28-21-12-11-20(15-22(21)29-2)26-23(24)25-16-18-7-9-19(10-8-18)17-27-13-5-3-4-6-14-27;/h7-12,15H,3-6,13-14,16-17H2,1-2H3,(H3,24,25,26);1H. The van der Waals surface area contributed by atoms with Crippen LogP contribution in [0, 0.1) is 0 Å². The predicted octanol–water partition coefficient (Wildman–Crippen LogP) is 4.62. The first kappa shape index (κ1) is 24.3. The van der Waals surface area contributed by atoms with Crippen LogP contribution in [0.3, 0.4) is 0 Å². The summed E-state index contributed by atoms with van der Waals surface area (Å²) in [6.07, 6.45) is 5.37. The molecule has 0 amide bonds. The lowest BCUT2D eigenvalue weighted by Gasteiger charge is -2.19. The molecule has 164 valence electrons. The lowest BCUT2D eigenvalue weighted by molar-refractivity contribution is 0.277. The number of halogens is 1. The molecule has 0 saturated carbocycles. The summed E-state index contributed by atoms with van der Waals surface area (Å²) in [7, 11) is 3.22. The van der Waals surface area contributed by atoms with Crippen LogP contribution in [0.4, 0.5) is 5.69 Å². The number of hydrogen-bond acceptors (Lipinski definition) is 4. The van der Waals surface area contributed by atoms with Gasteiger partial charge in [0.05, 0.1) is 20.8 Å². The van der Waals surface area contributed by atoms with E-state index >= 15 is 0 Å². The fraction of sp³-hybridized carbons (Fsp3) is 0.435. The number of methoxy groups -OCH3 is 2. The Balaban J connectivity index is 0.00000320. The lowest BCUT2D eigenvalue weighted by atomic mass is 10.1. The molecule has 0 unspecified atom stereocenters.